The molecule has 1 saturated carbocycles. The van der Waals surface area contributed by atoms with Crippen LogP contribution in [-0.4, -0.2) is 64.0 Å². The summed E-state index contributed by atoms with van der Waals surface area (Å²) in [6.07, 6.45) is 6.60. The van der Waals surface area contributed by atoms with Gasteiger partial charge in [0.1, 0.15) is 29.3 Å². The van der Waals surface area contributed by atoms with E-state index in [1.54, 1.807) is 65.8 Å². The molecule has 11 nitrogen and oxygen atoms in total. The predicted octanol–water partition coefficient (Wildman–Crippen LogP) is 4.32. The highest BCUT2D eigenvalue weighted by Gasteiger charge is 2.43. The lowest BCUT2D eigenvalue weighted by Crippen LogP contribution is -2.58. The molecule has 2 aromatic rings. The van der Waals surface area contributed by atoms with E-state index in [2.05, 4.69) is 16.6 Å². The van der Waals surface area contributed by atoms with Crippen molar-refractivity contribution in [3.8, 4) is 12.3 Å². The van der Waals surface area contributed by atoms with E-state index in [9.17, 15) is 24.0 Å². The second-order valence-corrected chi connectivity index (χ2v) is 14.0. The molecule has 3 unspecified atom stereocenters. The second kappa shape index (κ2) is 16.3. The standard InChI is InChI=1S/C37H48N4O7/c1-8-24-17-19-26(20-18-24)31(32(43)39-29(34(45)47-36(2,3)4)23-25-13-10-9-11-14-25)41(27-15-12-16-27)33(44)28(21-22-30(38)42)40-35(46)48-37(5,6)7/h1,9-11,13-14,17-20,27-29,31H,12,15-16,21-23H2,2-7H3,(H2,38,42)(H,39,43)(H,40,46). The van der Waals surface area contributed by atoms with Gasteiger partial charge in [0.25, 0.3) is 0 Å². The van der Waals surface area contributed by atoms with Gasteiger partial charge in [0.15, 0.2) is 0 Å². The van der Waals surface area contributed by atoms with E-state index in [1.807, 2.05) is 30.3 Å². The molecule has 258 valence electrons. The van der Waals surface area contributed by atoms with Crippen molar-refractivity contribution in [2.75, 3.05) is 0 Å². The van der Waals surface area contributed by atoms with Crippen LogP contribution in [0.5, 0.6) is 0 Å². The van der Waals surface area contributed by atoms with E-state index >= 15 is 0 Å². The molecule has 1 aliphatic carbocycles. The highest BCUT2D eigenvalue weighted by atomic mass is 16.6. The average Bonchev–Trinajstić information content (AvgIpc) is 2.96. The molecule has 4 N–H and O–H groups in total. The first-order valence-electron chi connectivity index (χ1n) is 16.2. The number of nitrogens with zero attached hydrogens (tertiary/aromatic N) is 1. The topological polar surface area (TPSA) is 157 Å². The van der Waals surface area contributed by atoms with Crippen LogP contribution >= 0.6 is 0 Å². The van der Waals surface area contributed by atoms with Crippen molar-refractivity contribution in [3.05, 3.63) is 71.3 Å². The Bertz CT molecular complexity index is 1480. The van der Waals surface area contributed by atoms with E-state index in [-0.39, 0.29) is 25.3 Å². The summed E-state index contributed by atoms with van der Waals surface area (Å²) in [5.74, 6) is 0.0484. The number of primary amides is 1. The molecule has 3 rings (SSSR count). The summed E-state index contributed by atoms with van der Waals surface area (Å²) < 4.78 is 11.1. The Kier molecular flexibility index (Phi) is 12.8. The quantitative estimate of drug-likeness (QED) is 0.213. The molecule has 48 heavy (non-hydrogen) atoms. The number of rotatable bonds is 13. The van der Waals surface area contributed by atoms with Gasteiger partial charge in [-0.1, -0.05) is 48.4 Å². The lowest BCUT2D eigenvalue weighted by atomic mass is 9.87. The molecule has 2 aromatic carbocycles. The number of esters is 1. The van der Waals surface area contributed by atoms with Crippen LogP contribution in [0.1, 0.15) is 96.4 Å². The van der Waals surface area contributed by atoms with Crippen molar-refractivity contribution in [1.82, 2.24) is 15.5 Å². The molecule has 0 saturated heterocycles. The van der Waals surface area contributed by atoms with Crippen molar-refractivity contribution < 1.29 is 33.4 Å². The van der Waals surface area contributed by atoms with Crippen LogP contribution in [0.3, 0.4) is 0 Å². The third-order valence-corrected chi connectivity index (χ3v) is 7.60. The molecule has 0 aromatic heterocycles. The molecule has 1 aliphatic rings. The number of terminal acetylenes is 1. The molecule has 0 radical (unpaired) electrons. The number of amides is 4. The zero-order valence-electron chi connectivity index (χ0n) is 28.7. The summed E-state index contributed by atoms with van der Waals surface area (Å²) in [5.41, 5.74) is 5.56. The van der Waals surface area contributed by atoms with Crippen LogP contribution in [-0.2, 0) is 35.1 Å². The van der Waals surface area contributed by atoms with E-state index in [0.717, 1.165) is 12.0 Å². The normalized spacial score (nSPS) is 15.0. The van der Waals surface area contributed by atoms with E-state index in [4.69, 9.17) is 21.6 Å². The van der Waals surface area contributed by atoms with Crippen molar-refractivity contribution in [1.29, 1.82) is 0 Å². The monoisotopic (exact) mass is 660 g/mol. The number of carbonyl (C=O) groups is 5. The average molecular weight is 661 g/mol. The smallest absolute Gasteiger partial charge is 0.408 e. The van der Waals surface area contributed by atoms with Crippen LogP contribution < -0.4 is 16.4 Å². The third kappa shape index (κ3) is 11.4. The van der Waals surface area contributed by atoms with Gasteiger partial charge in [0, 0.05) is 24.4 Å². The number of hydrogen-bond donors (Lipinski definition) is 3. The summed E-state index contributed by atoms with van der Waals surface area (Å²) in [5, 5.41) is 5.48. The Morgan fingerprint density at radius 1 is 0.896 bits per heavy atom. The zero-order valence-corrected chi connectivity index (χ0v) is 28.7. The third-order valence-electron chi connectivity index (χ3n) is 7.60. The number of hydrogen-bond acceptors (Lipinski definition) is 7. The Labute approximate surface area is 283 Å². The highest BCUT2D eigenvalue weighted by Crippen LogP contribution is 2.34. The van der Waals surface area contributed by atoms with Gasteiger partial charge in [-0.15, -0.1) is 6.42 Å². The SMILES string of the molecule is C#Cc1ccc(C(C(=O)NC(Cc2ccccc2)C(=O)OC(C)(C)C)N(C(=O)C(CCC(N)=O)NC(=O)OC(C)(C)C)C2CCC2)cc1. The van der Waals surface area contributed by atoms with Crippen molar-refractivity contribution in [2.24, 2.45) is 5.73 Å². The van der Waals surface area contributed by atoms with Crippen LogP contribution in [0, 0.1) is 12.3 Å². The first-order valence-corrected chi connectivity index (χ1v) is 16.2. The largest absolute Gasteiger partial charge is 0.458 e. The molecular formula is C37H48N4O7. The van der Waals surface area contributed by atoms with Crippen LogP contribution in [0.15, 0.2) is 54.6 Å². The maximum absolute atomic E-state index is 14.5. The van der Waals surface area contributed by atoms with Gasteiger partial charge in [-0.2, -0.15) is 0 Å². The number of nitrogens with two attached hydrogens (primary N) is 1. The number of nitrogens with one attached hydrogen (secondary N) is 2. The van der Waals surface area contributed by atoms with Gasteiger partial charge >= 0.3 is 12.1 Å². The second-order valence-electron chi connectivity index (χ2n) is 14.0. The molecule has 0 heterocycles. The molecular weight excluding hydrogens is 612 g/mol. The van der Waals surface area contributed by atoms with Crippen LogP contribution in [0.2, 0.25) is 0 Å². The molecule has 0 bridgehead atoms. The fourth-order valence-electron chi connectivity index (χ4n) is 5.22. The summed E-state index contributed by atoms with van der Waals surface area (Å²) in [7, 11) is 0. The van der Waals surface area contributed by atoms with Crippen molar-refractivity contribution >= 4 is 29.8 Å². The van der Waals surface area contributed by atoms with E-state index < -0.39 is 59.1 Å². The molecule has 3 atom stereocenters. The minimum atomic E-state index is -1.24. The van der Waals surface area contributed by atoms with Gasteiger partial charge in [-0.3, -0.25) is 14.4 Å². The van der Waals surface area contributed by atoms with Crippen molar-refractivity contribution in [2.45, 2.75) is 115 Å². The number of benzene rings is 2. The Hall–Kier alpha value is -4.85. The first-order chi connectivity index (χ1) is 22.5. The minimum Gasteiger partial charge on any atom is -0.458 e. The highest BCUT2D eigenvalue weighted by molar-refractivity contribution is 5.94. The van der Waals surface area contributed by atoms with E-state index in [0.29, 0.717) is 24.0 Å². The van der Waals surface area contributed by atoms with Crippen molar-refractivity contribution in [3.63, 3.8) is 0 Å². The van der Waals surface area contributed by atoms with Gasteiger partial charge in [-0.05, 0) is 90.5 Å². The fourth-order valence-corrected chi connectivity index (χ4v) is 5.22. The summed E-state index contributed by atoms with van der Waals surface area (Å²) >= 11 is 0. The number of alkyl carbamates (subject to hydrolysis) is 1. The van der Waals surface area contributed by atoms with Crippen LogP contribution in [0.25, 0.3) is 0 Å². The zero-order chi connectivity index (χ0) is 35.6. The molecule has 0 spiro atoms. The number of carbonyl (C=O) groups excluding carboxylic acids is 5. The minimum absolute atomic E-state index is 0.116. The molecule has 0 aliphatic heterocycles. The Balaban J connectivity index is 2.08. The molecule has 1 fully saturated rings. The van der Waals surface area contributed by atoms with Gasteiger partial charge in [0.05, 0.1) is 0 Å². The molecule has 4 amide bonds. The Morgan fingerprint density at radius 2 is 1.50 bits per heavy atom. The Morgan fingerprint density at radius 3 is 2.00 bits per heavy atom. The summed E-state index contributed by atoms with van der Waals surface area (Å²) in [4.78, 5) is 68.7. The first kappa shape index (κ1) is 37.6. The van der Waals surface area contributed by atoms with E-state index in [1.165, 1.54) is 4.90 Å². The summed E-state index contributed by atoms with van der Waals surface area (Å²) in [6, 6.07) is 11.9. The molecule has 11 heteroatoms. The van der Waals surface area contributed by atoms with Gasteiger partial charge < -0.3 is 30.7 Å². The van der Waals surface area contributed by atoms with Gasteiger partial charge in [0.2, 0.25) is 17.7 Å². The lowest BCUT2D eigenvalue weighted by molar-refractivity contribution is -0.159. The number of ether oxygens (including phenoxy) is 2. The lowest BCUT2D eigenvalue weighted by Gasteiger charge is -2.44. The fraction of sp³-hybridized carbons (Fsp3) is 0.486. The van der Waals surface area contributed by atoms with Gasteiger partial charge in [-0.25, -0.2) is 9.59 Å². The van der Waals surface area contributed by atoms with Crippen LogP contribution in [0.4, 0.5) is 4.79 Å². The maximum atomic E-state index is 14.5. The maximum Gasteiger partial charge on any atom is 0.408 e. The summed E-state index contributed by atoms with van der Waals surface area (Å²) in [6.45, 7) is 10.3. The predicted molar refractivity (Wildman–Crippen MR) is 181 cm³/mol.